The number of benzene rings is 2. The normalized spacial score (nSPS) is 15.7. The number of thiocarbonyl (C=S) groups is 1. The number of nitrogens with one attached hydrogen (secondary N) is 2. The van der Waals surface area contributed by atoms with Crippen molar-refractivity contribution in [3.63, 3.8) is 0 Å². The molecule has 2 aromatic rings. The lowest BCUT2D eigenvalue weighted by molar-refractivity contribution is -0.139. The van der Waals surface area contributed by atoms with Gasteiger partial charge in [0.1, 0.15) is 6.61 Å². The van der Waals surface area contributed by atoms with Gasteiger partial charge in [0.25, 0.3) is 0 Å². The summed E-state index contributed by atoms with van der Waals surface area (Å²) in [5.74, 6) is 0.796. The van der Waals surface area contributed by atoms with Crippen molar-refractivity contribution in [2.45, 2.75) is 33.4 Å². The van der Waals surface area contributed by atoms with Crippen molar-refractivity contribution in [1.82, 2.24) is 10.6 Å². The second-order valence-corrected chi connectivity index (χ2v) is 7.69. The minimum Gasteiger partial charge on any atom is -0.490 e. The van der Waals surface area contributed by atoms with Crippen molar-refractivity contribution in [1.29, 1.82) is 0 Å². The first-order valence-corrected chi connectivity index (χ1v) is 10.8. The highest BCUT2D eigenvalue weighted by molar-refractivity contribution is 7.80. The van der Waals surface area contributed by atoms with Gasteiger partial charge in [-0.15, -0.1) is 0 Å². The number of allylic oxidation sites excluding steroid dienone is 1. The first-order chi connectivity index (χ1) is 14.9. The second-order valence-electron chi connectivity index (χ2n) is 6.84. The van der Waals surface area contributed by atoms with E-state index in [0.717, 1.165) is 11.1 Å². The Morgan fingerprint density at radius 2 is 1.81 bits per heavy atom. The van der Waals surface area contributed by atoms with Gasteiger partial charge in [-0.1, -0.05) is 29.8 Å². The summed E-state index contributed by atoms with van der Waals surface area (Å²) in [5.41, 5.74) is 2.94. The topological polar surface area (TPSA) is 68.8 Å². The van der Waals surface area contributed by atoms with Gasteiger partial charge in [-0.05, 0) is 68.4 Å². The molecule has 2 aromatic carbocycles. The average molecular weight is 461 g/mol. The third kappa shape index (κ3) is 5.68. The summed E-state index contributed by atoms with van der Waals surface area (Å²) < 4.78 is 17.1. The van der Waals surface area contributed by atoms with Crippen LogP contribution in [0.2, 0.25) is 5.02 Å². The molecule has 1 heterocycles. The first kappa shape index (κ1) is 22.9. The Morgan fingerprint density at radius 1 is 1.06 bits per heavy atom. The summed E-state index contributed by atoms with van der Waals surface area (Å²) in [6, 6.07) is 12.6. The van der Waals surface area contributed by atoms with Gasteiger partial charge in [0.2, 0.25) is 0 Å². The van der Waals surface area contributed by atoms with Crippen LogP contribution in [-0.2, 0) is 16.1 Å². The fourth-order valence-electron chi connectivity index (χ4n) is 3.26. The van der Waals surface area contributed by atoms with Gasteiger partial charge in [0.05, 0.1) is 24.8 Å². The largest absolute Gasteiger partial charge is 0.490 e. The molecule has 0 aliphatic carbocycles. The predicted molar refractivity (Wildman–Crippen MR) is 124 cm³/mol. The van der Waals surface area contributed by atoms with Crippen LogP contribution in [0.1, 0.15) is 37.9 Å². The molecular weight excluding hydrogens is 436 g/mol. The van der Waals surface area contributed by atoms with E-state index in [9.17, 15) is 4.79 Å². The molecule has 1 atom stereocenters. The molecule has 0 spiro atoms. The van der Waals surface area contributed by atoms with E-state index in [1.54, 1.807) is 13.8 Å². The van der Waals surface area contributed by atoms with Crippen LogP contribution in [0.3, 0.4) is 0 Å². The Hall–Kier alpha value is -2.77. The molecule has 1 aliphatic heterocycles. The Morgan fingerprint density at radius 3 is 2.48 bits per heavy atom. The maximum Gasteiger partial charge on any atom is 0.338 e. The minimum atomic E-state index is -0.461. The molecule has 6 nitrogen and oxygen atoms in total. The summed E-state index contributed by atoms with van der Waals surface area (Å²) in [4.78, 5) is 12.6. The van der Waals surface area contributed by atoms with E-state index >= 15 is 0 Å². The number of esters is 1. The van der Waals surface area contributed by atoms with Gasteiger partial charge < -0.3 is 24.8 Å². The van der Waals surface area contributed by atoms with Crippen molar-refractivity contribution in [3.05, 3.63) is 69.9 Å². The van der Waals surface area contributed by atoms with E-state index in [0.29, 0.717) is 46.1 Å². The van der Waals surface area contributed by atoms with E-state index in [4.69, 9.17) is 38.0 Å². The van der Waals surface area contributed by atoms with Crippen molar-refractivity contribution in [2.24, 2.45) is 0 Å². The Balaban J connectivity index is 1.89. The van der Waals surface area contributed by atoms with Crippen LogP contribution in [0, 0.1) is 0 Å². The van der Waals surface area contributed by atoms with Crippen LogP contribution in [-0.4, -0.2) is 24.3 Å². The molecule has 31 heavy (non-hydrogen) atoms. The molecule has 0 amide bonds. The molecule has 0 unspecified atom stereocenters. The molecule has 1 aliphatic rings. The van der Waals surface area contributed by atoms with E-state index in [1.807, 2.05) is 49.4 Å². The van der Waals surface area contributed by atoms with Gasteiger partial charge in [-0.2, -0.15) is 0 Å². The number of halogens is 1. The highest BCUT2D eigenvalue weighted by Gasteiger charge is 2.31. The van der Waals surface area contributed by atoms with Gasteiger partial charge >= 0.3 is 5.97 Å². The molecule has 0 fully saturated rings. The fraction of sp³-hybridized carbons (Fsp3) is 0.304. The molecule has 2 N–H and O–H groups in total. The third-order valence-corrected chi connectivity index (χ3v) is 5.14. The lowest BCUT2D eigenvalue weighted by atomic mass is 9.95. The van der Waals surface area contributed by atoms with E-state index < -0.39 is 12.0 Å². The molecular formula is C23H25ClN2O4S. The van der Waals surface area contributed by atoms with Crippen LogP contribution < -0.4 is 20.1 Å². The number of hydrogen-bond donors (Lipinski definition) is 2. The van der Waals surface area contributed by atoms with E-state index in [1.165, 1.54) is 0 Å². The Labute approximate surface area is 192 Å². The molecule has 8 heteroatoms. The zero-order valence-corrected chi connectivity index (χ0v) is 19.2. The standard InChI is InChI=1S/C23H25ClN2O4S/c1-4-28-19-12-16(8-11-18(19)30-13-15-6-9-17(24)10-7-15)21-20(22(27)29-5-2)14(3)25-23(31)26-21/h6-12,21H,4-5,13H2,1-3H3,(H2,25,26,31)/t21-/m1/s1. The number of rotatable bonds is 8. The molecule has 164 valence electrons. The number of carbonyl (C=O) groups excluding carboxylic acids is 1. The monoisotopic (exact) mass is 460 g/mol. The minimum absolute atomic E-state index is 0.286. The van der Waals surface area contributed by atoms with Crippen molar-refractivity contribution >= 4 is 34.9 Å². The smallest absolute Gasteiger partial charge is 0.338 e. The quantitative estimate of drug-likeness (QED) is 0.438. The van der Waals surface area contributed by atoms with Gasteiger partial charge in [-0.25, -0.2) is 4.79 Å². The predicted octanol–water partition coefficient (Wildman–Crippen LogP) is 4.67. The van der Waals surface area contributed by atoms with Crippen molar-refractivity contribution < 1.29 is 19.0 Å². The van der Waals surface area contributed by atoms with E-state index in [2.05, 4.69) is 10.6 Å². The first-order valence-electron chi connectivity index (χ1n) is 10.0. The molecule has 0 radical (unpaired) electrons. The molecule has 0 saturated heterocycles. The van der Waals surface area contributed by atoms with Gasteiger partial charge in [0.15, 0.2) is 16.6 Å². The maximum absolute atomic E-state index is 12.6. The lowest BCUT2D eigenvalue weighted by Gasteiger charge is -2.30. The van der Waals surface area contributed by atoms with Gasteiger partial charge in [-0.3, -0.25) is 0 Å². The van der Waals surface area contributed by atoms with Crippen molar-refractivity contribution in [2.75, 3.05) is 13.2 Å². The number of hydrogen-bond acceptors (Lipinski definition) is 5. The summed E-state index contributed by atoms with van der Waals surface area (Å²) in [6.07, 6.45) is 0. The van der Waals surface area contributed by atoms with Gasteiger partial charge in [0, 0.05) is 10.7 Å². The zero-order chi connectivity index (χ0) is 22.4. The lowest BCUT2D eigenvalue weighted by Crippen LogP contribution is -2.45. The SMILES string of the molecule is CCOC(=O)C1=C(C)NC(=S)N[C@@H]1c1ccc(OCc2ccc(Cl)cc2)c(OCC)c1. The Bertz CT molecular complexity index is 992. The molecule has 3 rings (SSSR count). The summed E-state index contributed by atoms with van der Waals surface area (Å²) in [7, 11) is 0. The van der Waals surface area contributed by atoms with E-state index in [-0.39, 0.29) is 6.61 Å². The van der Waals surface area contributed by atoms with Crippen LogP contribution in [0.5, 0.6) is 11.5 Å². The van der Waals surface area contributed by atoms with Crippen LogP contribution in [0.4, 0.5) is 0 Å². The highest BCUT2D eigenvalue weighted by atomic mass is 35.5. The maximum atomic E-state index is 12.6. The third-order valence-electron chi connectivity index (χ3n) is 4.67. The molecule has 0 aromatic heterocycles. The molecule has 0 saturated carbocycles. The van der Waals surface area contributed by atoms with Crippen LogP contribution in [0.25, 0.3) is 0 Å². The average Bonchev–Trinajstić information content (AvgIpc) is 2.73. The fourth-order valence-corrected chi connectivity index (χ4v) is 3.65. The van der Waals surface area contributed by atoms with Crippen molar-refractivity contribution in [3.8, 4) is 11.5 Å². The van der Waals surface area contributed by atoms with Crippen LogP contribution >= 0.6 is 23.8 Å². The Kier molecular flexibility index (Phi) is 7.76. The number of ether oxygens (including phenoxy) is 3. The summed E-state index contributed by atoms with van der Waals surface area (Å²) in [5, 5.41) is 7.27. The zero-order valence-electron chi connectivity index (χ0n) is 17.7. The summed E-state index contributed by atoms with van der Waals surface area (Å²) in [6.45, 7) is 6.62. The molecule has 0 bridgehead atoms. The van der Waals surface area contributed by atoms with Crippen LogP contribution in [0.15, 0.2) is 53.7 Å². The second kappa shape index (κ2) is 10.5. The highest BCUT2D eigenvalue weighted by Crippen LogP contribution is 2.35. The summed E-state index contributed by atoms with van der Waals surface area (Å²) >= 11 is 11.2. The number of carbonyl (C=O) groups is 1.